The van der Waals surface area contributed by atoms with Gasteiger partial charge in [-0.05, 0) is 55.0 Å². The Hall–Kier alpha value is -0.970. The quantitative estimate of drug-likeness (QED) is 0.914. The van der Waals surface area contributed by atoms with Crippen molar-refractivity contribution in [1.82, 2.24) is 5.32 Å². The van der Waals surface area contributed by atoms with Crippen LogP contribution in [0.15, 0.2) is 24.3 Å². The highest BCUT2D eigenvalue weighted by atomic mass is 32.2. The highest BCUT2D eigenvalue weighted by Crippen LogP contribution is 2.37. The molecule has 21 heavy (non-hydrogen) atoms. The Morgan fingerprint density at radius 2 is 2.14 bits per heavy atom. The molecule has 1 aliphatic rings. The van der Waals surface area contributed by atoms with Gasteiger partial charge in [0, 0.05) is 15.5 Å². The molecule has 0 aliphatic carbocycles. The first kappa shape index (κ1) is 14.9. The number of nitrogens with one attached hydrogen (secondary N) is 1. The van der Waals surface area contributed by atoms with E-state index in [1.807, 2.05) is 30.1 Å². The summed E-state index contributed by atoms with van der Waals surface area (Å²) in [5, 5.41) is 3.47. The number of thiophene rings is 1. The van der Waals surface area contributed by atoms with Crippen LogP contribution in [0.2, 0.25) is 0 Å². The predicted octanol–water partition coefficient (Wildman–Crippen LogP) is 4.16. The third-order valence-electron chi connectivity index (χ3n) is 3.97. The number of aryl methyl sites for hydroxylation is 2. The van der Waals surface area contributed by atoms with E-state index in [0.717, 1.165) is 5.75 Å². The van der Waals surface area contributed by atoms with Gasteiger partial charge in [-0.1, -0.05) is 12.1 Å². The molecule has 112 valence electrons. The number of ether oxygens (including phenoxy) is 1. The summed E-state index contributed by atoms with van der Waals surface area (Å²) in [6, 6.07) is 9.13. The normalized spacial score (nSPS) is 15.6. The minimum absolute atomic E-state index is 0.273. The molecule has 0 bridgehead atoms. The summed E-state index contributed by atoms with van der Waals surface area (Å²) in [6.07, 6.45) is 1.22. The van der Waals surface area contributed by atoms with Crippen molar-refractivity contribution in [2.75, 3.05) is 19.9 Å². The van der Waals surface area contributed by atoms with Gasteiger partial charge in [-0.3, -0.25) is 0 Å². The lowest BCUT2D eigenvalue weighted by Gasteiger charge is -2.16. The second kappa shape index (κ2) is 6.42. The third-order valence-corrected chi connectivity index (χ3v) is 6.28. The first-order valence-corrected chi connectivity index (χ1v) is 9.21. The monoisotopic (exact) mass is 319 g/mol. The van der Waals surface area contributed by atoms with Gasteiger partial charge in [0.15, 0.2) is 0 Å². The predicted molar refractivity (Wildman–Crippen MR) is 92.8 cm³/mol. The van der Waals surface area contributed by atoms with E-state index in [0.29, 0.717) is 0 Å². The number of fused-ring (bicyclic) bond motifs is 1. The lowest BCUT2D eigenvalue weighted by Crippen LogP contribution is -2.16. The SMILES string of the molecule is CNC(c1ccc(OC)c(C)c1)c1cc2c(s1)CCSC2. The number of thioether (sulfide) groups is 1. The molecule has 0 saturated carbocycles. The average molecular weight is 319 g/mol. The zero-order valence-corrected chi connectivity index (χ0v) is 14.4. The van der Waals surface area contributed by atoms with E-state index in [-0.39, 0.29) is 6.04 Å². The standard InChI is InChI=1S/C17H21NOS2/c1-11-8-12(4-5-14(11)19-3)17(18-2)16-9-13-10-20-7-6-15(13)21-16/h4-5,8-9,17-18H,6-7,10H2,1-3H3. The van der Waals surface area contributed by atoms with Crippen LogP contribution >= 0.6 is 23.1 Å². The lowest BCUT2D eigenvalue weighted by atomic mass is 10.0. The molecule has 1 aromatic heterocycles. The number of rotatable bonds is 4. The molecule has 0 spiro atoms. The number of benzene rings is 1. The van der Waals surface area contributed by atoms with Crippen molar-refractivity contribution in [3.8, 4) is 5.75 Å². The van der Waals surface area contributed by atoms with Gasteiger partial charge in [0.1, 0.15) is 5.75 Å². The molecule has 2 heterocycles. The van der Waals surface area contributed by atoms with Gasteiger partial charge in [0.25, 0.3) is 0 Å². The number of methoxy groups -OCH3 is 1. The summed E-state index contributed by atoms with van der Waals surface area (Å²) in [7, 11) is 3.76. The Kier molecular flexibility index (Phi) is 4.57. The highest BCUT2D eigenvalue weighted by molar-refractivity contribution is 7.98. The molecule has 3 rings (SSSR count). The molecule has 2 aromatic rings. The van der Waals surface area contributed by atoms with Crippen LogP contribution in [0.5, 0.6) is 5.75 Å². The van der Waals surface area contributed by atoms with Crippen molar-refractivity contribution in [3.05, 3.63) is 50.7 Å². The van der Waals surface area contributed by atoms with Gasteiger partial charge in [-0.15, -0.1) is 11.3 Å². The van der Waals surface area contributed by atoms with Crippen LogP contribution in [0.25, 0.3) is 0 Å². The Bertz CT molecular complexity index is 612. The molecule has 1 aliphatic heterocycles. The van der Waals surface area contributed by atoms with Crippen molar-refractivity contribution < 1.29 is 4.74 Å². The molecule has 1 atom stereocenters. The maximum Gasteiger partial charge on any atom is 0.121 e. The molecule has 1 unspecified atom stereocenters. The summed E-state index contributed by atoms with van der Waals surface area (Å²) in [6.45, 7) is 2.10. The molecule has 0 saturated heterocycles. The topological polar surface area (TPSA) is 21.3 Å². The first-order valence-electron chi connectivity index (χ1n) is 7.24. The van der Waals surface area contributed by atoms with Gasteiger partial charge in [0.2, 0.25) is 0 Å². The molecule has 1 aromatic carbocycles. The Labute approximate surface area is 134 Å². The zero-order chi connectivity index (χ0) is 14.8. The Balaban J connectivity index is 1.94. The van der Waals surface area contributed by atoms with Crippen LogP contribution < -0.4 is 10.1 Å². The smallest absolute Gasteiger partial charge is 0.121 e. The minimum Gasteiger partial charge on any atom is -0.496 e. The van der Waals surface area contributed by atoms with Crippen molar-refractivity contribution in [3.63, 3.8) is 0 Å². The van der Waals surface area contributed by atoms with E-state index in [4.69, 9.17) is 4.74 Å². The van der Waals surface area contributed by atoms with Crippen molar-refractivity contribution >= 4 is 23.1 Å². The summed E-state index contributed by atoms with van der Waals surface area (Å²) < 4.78 is 5.36. The molecular formula is C17H21NOS2. The van der Waals surface area contributed by atoms with E-state index in [2.05, 4.69) is 36.5 Å². The van der Waals surface area contributed by atoms with Crippen molar-refractivity contribution in [2.45, 2.75) is 25.1 Å². The molecule has 2 nitrogen and oxygen atoms in total. The lowest BCUT2D eigenvalue weighted by molar-refractivity contribution is 0.411. The van der Waals surface area contributed by atoms with Crippen LogP contribution in [-0.4, -0.2) is 19.9 Å². The van der Waals surface area contributed by atoms with Crippen LogP contribution in [0.3, 0.4) is 0 Å². The number of hydrogen-bond donors (Lipinski definition) is 1. The molecule has 0 fully saturated rings. The third kappa shape index (κ3) is 2.98. The Morgan fingerprint density at radius 3 is 2.81 bits per heavy atom. The summed E-state index contributed by atoms with van der Waals surface area (Å²) in [5.41, 5.74) is 4.03. The van der Waals surface area contributed by atoms with Crippen molar-refractivity contribution in [1.29, 1.82) is 0 Å². The summed E-state index contributed by atoms with van der Waals surface area (Å²) in [4.78, 5) is 3.00. The van der Waals surface area contributed by atoms with Gasteiger partial charge < -0.3 is 10.1 Å². The van der Waals surface area contributed by atoms with E-state index in [1.165, 1.54) is 39.5 Å². The minimum atomic E-state index is 0.273. The van der Waals surface area contributed by atoms with E-state index in [9.17, 15) is 0 Å². The van der Waals surface area contributed by atoms with Gasteiger partial charge in [-0.2, -0.15) is 11.8 Å². The summed E-state index contributed by atoms with van der Waals surface area (Å²) >= 11 is 4.01. The Morgan fingerprint density at radius 1 is 1.29 bits per heavy atom. The van der Waals surface area contributed by atoms with Gasteiger partial charge in [0.05, 0.1) is 13.2 Å². The second-order valence-electron chi connectivity index (χ2n) is 5.35. The number of hydrogen-bond acceptors (Lipinski definition) is 4. The fraction of sp³-hybridized carbons (Fsp3) is 0.412. The highest BCUT2D eigenvalue weighted by Gasteiger charge is 2.20. The van der Waals surface area contributed by atoms with E-state index < -0.39 is 0 Å². The second-order valence-corrected chi connectivity index (χ2v) is 7.62. The van der Waals surface area contributed by atoms with E-state index in [1.54, 1.807) is 12.0 Å². The van der Waals surface area contributed by atoms with Gasteiger partial charge in [-0.25, -0.2) is 0 Å². The largest absolute Gasteiger partial charge is 0.496 e. The van der Waals surface area contributed by atoms with Crippen LogP contribution in [0.1, 0.15) is 32.5 Å². The summed E-state index contributed by atoms with van der Waals surface area (Å²) in [5.74, 6) is 3.39. The maximum absolute atomic E-state index is 5.36. The van der Waals surface area contributed by atoms with Crippen LogP contribution in [-0.2, 0) is 12.2 Å². The molecule has 0 amide bonds. The van der Waals surface area contributed by atoms with E-state index >= 15 is 0 Å². The van der Waals surface area contributed by atoms with Crippen molar-refractivity contribution in [2.24, 2.45) is 0 Å². The molecule has 1 N–H and O–H groups in total. The van der Waals surface area contributed by atoms with Crippen LogP contribution in [0.4, 0.5) is 0 Å². The molecule has 0 radical (unpaired) electrons. The average Bonchev–Trinajstić information content (AvgIpc) is 2.91. The fourth-order valence-corrected chi connectivity index (χ4v) is 5.38. The maximum atomic E-state index is 5.36. The zero-order valence-electron chi connectivity index (χ0n) is 12.7. The fourth-order valence-electron chi connectivity index (χ4n) is 2.87. The molecular weight excluding hydrogens is 298 g/mol. The van der Waals surface area contributed by atoms with Crippen LogP contribution in [0, 0.1) is 6.92 Å². The molecule has 4 heteroatoms. The van der Waals surface area contributed by atoms with Gasteiger partial charge >= 0.3 is 0 Å². The first-order chi connectivity index (χ1) is 10.2.